The van der Waals surface area contributed by atoms with E-state index in [-0.39, 0.29) is 11.7 Å². The molecule has 0 bridgehead atoms. The van der Waals surface area contributed by atoms with E-state index in [1.165, 1.54) is 6.07 Å². The minimum Gasteiger partial charge on any atom is -0.348 e. The summed E-state index contributed by atoms with van der Waals surface area (Å²) in [4.78, 5) is 11.2. The van der Waals surface area contributed by atoms with Crippen LogP contribution in [0.2, 0.25) is 0 Å². The molecule has 1 aromatic rings. The highest BCUT2D eigenvalue weighted by molar-refractivity contribution is 5.98. The molecule has 1 aromatic carbocycles. The largest absolute Gasteiger partial charge is 0.348 e. The molecule has 1 heterocycles. The van der Waals surface area contributed by atoms with Crippen molar-refractivity contribution in [1.82, 2.24) is 5.32 Å². The molecule has 1 aliphatic heterocycles. The monoisotopic (exact) mass is 179 g/mol. The first-order valence-electron chi connectivity index (χ1n) is 4.32. The molecular weight excluding hydrogens is 169 g/mol. The number of nitrogens with one attached hydrogen (secondary N) is 1. The molecule has 0 fully saturated rings. The molecule has 3 heteroatoms. The van der Waals surface area contributed by atoms with Gasteiger partial charge in [-0.3, -0.25) is 4.79 Å². The number of carbonyl (C=O) groups excluding carboxylic acids is 1. The van der Waals surface area contributed by atoms with Crippen molar-refractivity contribution < 1.29 is 9.18 Å². The summed E-state index contributed by atoms with van der Waals surface area (Å²) in [5.74, 6) is -0.303. The molecule has 1 aliphatic rings. The van der Waals surface area contributed by atoms with Crippen molar-refractivity contribution in [2.45, 2.75) is 19.9 Å². The third-order valence-corrected chi connectivity index (χ3v) is 2.34. The van der Waals surface area contributed by atoms with Gasteiger partial charge in [0.15, 0.2) is 0 Å². The van der Waals surface area contributed by atoms with Gasteiger partial charge in [0.05, 0.1) is 0 Å². The maximum Gasteiger partial charge on any atom is 0.251 e. The zero-order valence-corrected chi connectivity index (χ0v) is 7.36. The highest BCUT2D eigenvalue weighted by Crippen LogP contribution is 2.20. The number of amides is 1. The van der Waals surface area contributed by atoms with Crippen LogP contribution in [0.25, 0.3) is 0 Å². The zero-order chi connectivity index (χ0) is 9.42. The molecule has 0 atom stereocenters. The minimum atomic E-state index is -0.210. The molecule has 0 saturated carbocycles. The van der Waals surface area contributed by atoms with Gasteiger partial charge in [-0.1, -0.05) is 6.92 Å². The molecule has 68 valence electrons. The maximum atomic E-state index is 13.2. The predicted molar refractivity (Wildman–Crippen MR) is 46.9 cm³/mol. The van der Waals surface area contributed by atoms with Gasteiger partial charge in [-0.05, 0) is 29.7 Å². The Balaban J connectivity index is 2.57. The van der Waals surface area contributed by atoms with Crippen molar-refractivity contribution in [1.29, 1.82) is 0 Å². The highest BCUT2D eigenvalue weighted by Gasteiger charge is 2.20. The molecule has 0 aromatic heterocycles. The topological polar surface area (TPSA) is 29.1 Å². The van der Waals surface area contributed by atoms with Gasteiger partial charge in [0, 0.05) is 12.1 Å². The number of hydrogen-bond donors (Lipinski definition) is 1. The SMILES string of the molecule is CCc1cc2c(cc1F)CNC2=O. The summed E-state index contributed by atoms with van der Waals surface area (Å²) in [6.07, 6.45) is 0.617. The zero-order valence-electron chi connectivity index (χ0n) is 7.36. The van der Waals surface area contributed by atoms with E-state index >= 15 is 0 Å². The molecule has 2 rings (SSSR count). The molecule has 13 heavy (non-hydrogen) atoms. The number of aryl methyl sites for hydroxylation is 1. The summed E-state index contributed by atoms with van der Waals surface area (Å²) in [5.41, 5.74) is 1.99. The molecule has 0 saturated heterocycles. The normalized spacial score (nSPS) is 14.2. The lowest BCUT2D eigenvalue weighted by Crippen LogP contribution is -2.12. The fraction of sp³-hybridized carbons (Fsp3) is 0.300. The van der Waals surface area contributed by atoms with E-state index in [1.807, 2.05) is 6.92 Å². The van der Waals surface area contributed by atoms with Crippen molar-refractivity contribution >= 4 is 5.91 Å². The molecule has 0 aliphatic carbocycles. The van der Waals surface area contributed by atoms with Crippen molar-refractivity contribution in [3.63, 3.8) is 0 Å². The van der Waals surface area contributed by atoms with Crippen molar-refractivity contribution in [2.75, 3.05) is 0 Å². The molecule has 0 unspecified atom stereocenters. The second-order valence-corrected chi connectivity index (χ2v) is 3.14. The Morgan fingerprint density at radius 3 is 3.00 bits per heavy atom. The van der Waals surface area contributed by atoms with Crippen LogP contribution in [0.3, 0.4) is 0 Å². The van der Waals surface area contributed by atoms with Gasteiger partial charge in [0.1, 0.15) is 5.82 Å². The predicted octanol–water partition coefficient (Wildman–Crippen LogP) is 1.63. The lowest BCUT2D eigenvalue weighted by molar-refractivity contribution is 0.0965. The Hall–Kier alpha value is -1.38. The fourth-order valence-corrected chi connectivity index (χ4v) is 1.56. The smallest absolute Gasteiger partial charge is 0.251 e. The number of fused-ring (bicyclic) bond motifs is 1. The van der Waals surface area contributed by atoms with Crippen LogP contribution in [0, 0.1) is 5.82 Å². The Morgan fingerprint density at radius 2 is 2.31 bits per heavy atom. The Labute approximate surface area is 75.8 Å². The molecule has 0 radical (unpaired) electrons. The number of hydrogen-bond acceptors (Lipinski definition) is 1. The minimum absolute atomic E-state index is 0.0929. The number of carbonyl (C=O) groups is 1. The van der Waals surface area contributed by atoms with Crippen molar-refractivity contribution in [3.05, 3.63) is 34.6 Å². The van der Waals surface area contributed by atoms with Gasteiger partial charge in [-0.25, -0.2) is 4.39 Å². The molecule has 1 N–H and O–H groups in total. The second kappa shape index (κ2) is 2.83. The van der Waals surface area contributed by atoms with Gasteiger partial charge in [-0.15, -0.1) is 0 Å². The van der Waals surface area contributed by atoms with Crippen molar-refractivity contribution in [2.24, 2.45) is 0 Å². The Bertz CT molecular complexity index is 373. The van der Waals surface area contributed by atoms with Crippen molar-refractivity contribution in [3.8, 4) is 0 Å². The number of benzene rings is 1. The molecule has 2 nitrogen and oxygen atoms in total. The standard InChI is InChI=1S/C10H10FNO/c1-2-6-3-8-7(4-9(6)11)5-12-10(8)13/h3-4H,2,5H2,1H3,(H,12,13). The van der Waals surface area contributed by atoms with E-state index < -0.39 is 0 Å². The molecule has 0 spiro atoms. The van der Waals surface area contributed by atoms with Crippen LogP contribution < -0.4 is 5.32 Å². The van der Waals surface area contributed by atoms with Crippen LogP contribution in [-0.2, 0) is 13.0 Å². The average molecular weight is 179 g/mol. The summed E-state index contributed by atoms with van der Waals surface area (Å²) in [7, 11) is 0. The first-order valence-corrected chi connectivity index (χ1v) is 4.32. The average Bonchev–Trinajstić information content (AvgIpc) is 2.46. The quantitative estimate of drug-likeness (QED) is 0.697. The highest BCUT2D eigenvalue weighted by atomic mass is 19.1. The van der Waals surface area contributed by atoms with Crippen LogP contribution in [0.1, 0.15) is 28.4 Å². The second-order valence-electron chi connectivity index (χ2n) is 3.14. The Kier molecular flexibility index (Phi) is 1.79. The molecule has 1 amide bonds. The maximum absolute atomic E-state index is 13.2. The van der Waals surface area contributed by atoms with Gasteiger partial charge in [0.2, 0.25) is 0 Å². The molecular formula is C10H10FNO. The summed E-state index contributed by atoms with van der Waals surface area (Å²) in [6.45, 7) is 2.33. The summed E-state index contributed by atoms with van der Waals surface area (Å²) >= 11 is 0. The van der Waals surface area contributed by atoms with Gasteiger partial charge in [-0.2, -0.15) is 0 Å². The lowest BCUT2D eigenvalue weighted by Gasteiger charge is -2.01. The summed E-state index contributed by atoms with van der Waals surface area (Å²) in [6, 6.07) is 3.10. The third-order valence-electron chi connectivity index (χ3n) is 2.34. The van der Waals surface area contributed by atoms with Crippen LogP contribution in [0.4, 0.5) is 4.39 Å². The van der Waals surface area contributed by atoms with Gasteiger partial charge < -0.3 is 5.32 Å². The van der Waals surface area contributed by atoms with Gasteiger partial charge >= 0.3 is 0 Å². The van der Waals surface area contributed by atoms with E-state index in [9.17, 15) is 9.18 Å². The van der Waals surface area contributed by atoms with E-state index in [1.54, 1.807) is 6.07 Å². The number of halogens is 1. The fourth-order valence-electron chi connectivity index (χ4n) is 1.56. The third kappa shape index (κ3) is 1.20. The first-order chi connectivity index (χ1) is 6.22. The van der Waals surface area contributed by atoms with E-state index in [2.05, 4.69) is 5.32 Å². The summed E-state index contributed by atoms with van der Waals surface area (Å²) < 4.78 is 13.2. The van der Waals surface area contributed by atoms with E-state index in [0.717, 1.165) is 5.56 Å². The van der Waals surface area contributed by atoms with E-state index in [4.69, 9.17) is 0 Å². The van der Waals surface area contributed by atoms with Crippen LogP contribution in [0.15, 0.2) is 12.1 Å². The Morgan fingerprint density at radius 1 is 1.54 bits per heavy atom. The first kappa shape index (κ1) is 8.23. The van der Waals surface area contributed by atoms with Gasteiger partial charge in [0.25, 0.3) is 5.91 Å². The summed E-state index contributed by atoms with van der Waals surface area (Å²) in [5, 5.41) is 2.66. The van der Waals surface area contributed by atoms with Crippen LogP contribution >= 0.6 is 0 Å². The lowest BCUT2D eigenvalue weighted by atomic mass is 10.0. The van der Waals surface area contributed by atoms with Crippen LogP contribution in [0.5, 0.6) is 0 Å². The van der Waals surface area contributed by atoms with E-state index in [0.29, 0.717) is 24.1 Å². The van der Waals surface area contributed by atoms with Crippen LogP contribution in [-0.4, -0.2) is 5.91 Å². The number of rotatable bonds is 1.